The molecule has 1 heterocycles. The van der Waals surface area contributed by atoms with E-state index < -0.39 is 0 Å². The zero-order valence-corrected chi connectivity index (χ0v) is 16.0. The smallest absolute Gasteiger partial charge is 0.104 e. The van der Waals surface area contributed by atoms with Crippen molar-refractivity contribution in [2.75, 3.05) is 13.2 Å². The van der Waals surface area contributed by atoms with Gasteiger partial charge in [-0.05, 0) is 12.8 Å². The molecule has 0 unspecified atom stereocenters. The van der Waals surface area contributed by atoms with Crippen molar-refractivity contribution in [3.8, 4) is 0 Å². The first-order valence-corrected chi connectivity index (χ1v) is 10.6. The van der Waals surface area contributed by atoms with E-state index in [4.69, 9.17) is 9.47 Å². The maximum absolute atomic E-state index is 6.11. The van der Waals surface area contributed by atoms with Crippen LogP contribution in [0, 0.1) is 0 Å². The second-order valence-electron chi connectivity index (χ2n) is 7.38. The van der Waals surface area contributed by atoms with Crippen molar-refractivity contribution < 1.29 is 9.47 Å². The third-order valence-electron chi connectivity index (χ3n) is 4.93. The van der Waals surface area contributed by atoms with Gasteiger partial charge >= 0.3 is 0 Å². The van der Waals surface area contributed by atoms with Crippen molar-refractivity contribution in [1.29, 1.82) is 0 Å². The molecule has 0 saturated carbocycles. The molecular weight excluding hydrogens is 284 g/mol. The van der Waals surface area contributed by atoms with Crippen molar-refractivity contribution in [3.05, 3.63) is 0 Å². The summed E-state index contributed by atoms with van der Waals surface area (Å²) < 4.78 is 11.4. The van der Waals surface area contributed by atoms with Gasteiger partial charge in [-0.15, -0.1) is 0 Å². The summed E-state index contributed by atoms with van der Waals surface area (Å²) in [6.07, 6.45) is 21.5. The van der Waals surface area contributed by atoms with Crippen molar-refractivity contribution in [1.82, 2.24) is 0 Å². The molecule has 138 valence electrons. The standard InChI is InChI=1S/C21H42O2/c1-3-5-7-9-11-13-15-17-20(22-18-21-19-23-21)16-14-12-10-8-6-4-2/h20-21H,3-19H2,1-2H3/t20-,21+/m1/s1. The van der Waals surface area contributed by atoms with Crippen LogP contribution in [-0.2, 0) is 9.47 Å². The van der Waals surface area contributed by atoms with Crippen molar-refractivity contribution in [3.63, 3.8) is 0 Å². The van der Waals surface area contributed by atoms with Gasteiger partial charge in [0.1, 0.15) is 6.10 Å². The second kappa shape index (κ2) is 15.4. The zero-order valence-electron chi connectivity index (χ0n) is 16.0. The highest BCUT2D eigenvalue weighted by molar-refractivity contribution is 4.69. The fourth-order valence-electron chi connectivity index (χ4n) is 3.20. The Bertz CT molecular complexity index is 238. The maximum Gasteiger partial charge on any atom is 0.104 e. The topological polar surface area (TPSA) is 21.8 Å². The molecule has 23 heavy (non-hydrogen) atoms. The number of hydrogen-bond acceptors (Lipinski definition) is 2. The highest BCUT2D eigenvalue weighted by Crippen LogP contribution is 2.19. The summed E-state index contributed by atoms with van der Waals surface area (Å²) in [5, 5.41) is 0. The van der Waals surface area contributed by atoms with Crippen molar-refractivity contribution >= 4 is 0 Å². The first kappa shape index (κ1) is 21.0. The summed E-state index contributed by atoms with van der Waals surface area (Å²) in [7, 11) is 0. The predicted octanol–water partition coefficient (Wildman–Crippen LogP) is 6.66. The number of rotatable bonds is 18. The molecule has 0 aromatic carbocycles. The summed E-state index contributed by atoms with van der Waals surface area (Å²) in [6, 6.07) is 0. The van der Waals surface area contributed by atoms with Crippen LogP contribution < -0.4 is 0 Å². The van der Waals surface area contributed by atoms with Crippen LogP contribution >= 0.6 is 0 Å². The molecule has 1 aliphatic rings. The fourth-order valence-corrected chi connectivity index (χ4v) is 3.20. The number of ether oxygens (including phenoxy) is 2. The molecule has 0 N–H and O–H groups in total. The Labute approximate surface area is 145 Å². The average Bonchev–Trinajstić information content (AvgIpc) is 3.38. The van der Waals surface area contributed by atoms with E-state index in [2.05, 4.69) is 13.8 Å². The lowest BCUT2D eigenvalue weighted by atomic mass is 10.0. The van der Waals surface area contributed by atoms with E-state index in [9.17, 15) is 0 Å². The maximum atomic E-state index is 6.11. The monoisotopic (exact) mass is 326 g/mol. The number of unbranched alkanes of at least 4 members (excludes halogenated alkanes) is 11. The van der Waals surface area contributed by atoms with Gasteiger partial charge in [0, 0.05) is 0 Å². The van der Waals surface area contributed by atoms with Crippen LogP contribution in [0.4, 0.5) is 0 Å². The Morgan fingerprint density at radius 2 is 1.17 bits per heavy atom. The van der Waals surface area contributed by atoms with E-state index in [0.29, 0.717) is 12.2 Å². The van der Waals surface area contributed by atoms with E-state index in [1.807, 2.05) is 0 Å². The minimum atomic E-state index is 0.413. The van der Waals surface area contributed by atoms with Crippen LogP contribution in [0.25, 0.3) is 0 Å². The van der Waals surface area contributed by atoms with E-state index in [-0.39, 0.29) is 0 Å². The third kappa shape index (κ3) is 14.0. The van der Waals surface area contributed by atoms with Crippen LogP contribution in [-0.4, -0.2) is 25.4 Å². The summed E-state index contributed by atoms with van der Waals surface area (Å²) >= 11 is 0. The summed E-state index contributed by atoms with van der Waals surface area (Å²) in [4.78, 5) is 0. The van der Waals surface area contributed by atoms with Gasteiger partial charge in [-0.25, -0.2) is 0 Å². The van der Waals surface area contributed by atoms with Gasteiger partial charge in [-0.3, -0.25) is 0 Å². The molecule has 0 aliphatic carbocycles. The lowest BCUT2D eigenvalue weighted by Crippen LogP contribution is -2.16. The summed E-state index contributed by atoms with van der Waals surface area (Å²) in [6.45, 7) is 6.32. The Kier molecular flexibility index (Phi) is 14.1. The molecule has 0 amide bonds. The molecular formula is C21H42O2. The largest absolute Gasteiger partial charge is 0.375 e. The minimum absolute atomic E-state index is 0.413. The Hall–Kier alpha value is -0.0800. The molecule has 2 atom stereocenters. The molecule has 0 aromatic rings. The lowest BCUT2D eigenvalue weighted by Gasteiger charge is -2.17. The van der Waals surface area contributed by atoms with Gasteiger partial charge in [0.2, 0.25) is 0 Å². The highest BCUT2D eigenvalue weighted by atomic mass is 16.6. The molecule has 2 nitrogen and oxygen atoms in total. The molecule has 1 aliphatic heterocycles. The van der Waals surface area contributed by atoms with E-state index >= 15 is 0 Å². The van der Waals surface area contributed by atoms with Gasteiger partial charge in [0.15, 0.2) is 0 Å². The predicted molar refractivity (Wildman–Crippen MR) is 100 cm³/mol. The quantitative estimate of drug-likeness (QED) is 0.207. The normalized spacial score (nSPS) is 18.3. The number of epoxide rings is 1. The van der Waals surface area contributed by atoms with Gasteiger partial charge in [0.05, 0.1) is 19.3 Å². The van der Waals surface area contributed by atoms with Gasteiger partial charge < -0.3 is 9.47 Å². The number of hydrogen-bond donors (Lipinski definition) is 0. The molecule has 0 spiro atoms. The Morgan fingerprint density at radius 3 is 1.61 bits per heavy atom. The van der Waals surface area contributed by atoms with E-state index in [1.165, 1.54) is 96.3 Å². The van der Waals surface area contributed by atoms with Crippen LogP contribution in [0.1, 0.15) is 110 Å². The Balaban J connectivity index is 2.00. The Morgan fingerprint density at radius 1 is 0.739 bits per heavy atom. The van der Waals surface area contributed by atoms with Crippen molar-refractivity contribution in [2.24, 2.45) is 0 Å². The molecule has 0 radical (unpaired) electrons. The van der Waals surface area contributed by atoms with Crippen LogP contribution in [0.15, 0.2) is 0 Å². The average molecular weight is 327 g/mol. The summed E-state index contributed by atoms with van der Waals surface area (Å²) in [5.41, 5.74) is 0. The molecule has 1 rings (SSSR count). The lowest BCUT2D eigenvalue weighted by molar-refractivity contribution is 0.0288. The first-order chi connectivity index (χ1) is 11.4. The fraction of sp³-hybridized carbons (Fsp3) is 1.00. The van der Waals surface area contributed by atoms with Gasteiger partial charge in [-0.2, -0.15) is 0 Å². The SMILES string of the molecule is CCCCCCCCC[C@@H](CCCCCCCC)OC[C@H]1CO1. The van der Waals surface area contributed by atoms with Gasteiger partial charge in [-0.1, -0.05) is 97.3 Å². The molecule has 0 bridgehead atoms. The highest BCUT2D eigenvalue weighted by Gasteiger charge is 2.24. The van der Waals surface area contributed by atoms with E-state index in [0.717, 1.165) is 13.2 Å². The van der Waals surface area contributed by atoms with Crippen molar-refractivity contribution in [2.45, 2.75) is 122 Å². The van der Waals surface area contributed by atoms with Gasteiger partial charge in [0.25, 0.3) is 0 Å². The molecule has 2 heteroatoms. The van der Waals surface area contributed by atoms with Crippen LogP contribution in [0.2, 0.25) is 0 Å². The third-order valence-corrected chi connectivity index (χ3v) is 4.93. The molecule has 1 fully saturated rings. The molecule has 0 aromatic heterocycles. The van der Waals surface area contributed by atoms with E-state index in [1.54, 1.807) is 0 Å². The summed E-state index contributed by atoms with van der Waals surface area (Å²) in [5.74, 6) is 0. The first-order valence-electron chi connectivity index (χ1n) is 10.6. The second-order valence-corrected chi connectivity index (χ2v) is 7.38. The minimum Gasteiger partial charge on any atom is -0.375 e. The van der Waals surface area contributed by atoms with Crippen LogP contribution in [0.5, 0.6) is 0 Å². The zero-order chi connectivity index (χ0) is 16.6. The molecule has 1 saturated heterocycles. The van der Waals surface area contributed by atoms with Crippen LogP contribution in [0.3, 0.4) is 0 Å².